The standard InChI is InChI=1S/C15H16N4O/c20-15(18-9-11-2-1-7-16-8-11)14-6-5-13(10-17-14)19-12-3-4-12/h1-2,5-8,10,12,19H,3-4,9H2,(H,18,20). The van der Waals surface area contributed by atoms with E-state index in [1.165, 1.54) is 12.8 Å². The summed E-state index contributed by atoms with van der Waals surface area (Å²) in [4.78, 5) is 20.1. The molecule has 1 amide bonds. The minimum absolute atomic E-state index is 0.174. The van der Waals surface area contributed by atoms with Gasteiger partial charge in [-0.25, -0.2) is 4.98 Å². The lowest BCUT2D eigenvalue weighted by molar-refractivity contribution is 0.0946. The lowest BCUT2D eigenvalue weighted by atomic mass is 10.2. The topological polar surface area (TPSA) is 66.9 Å². The highest BCUT2D eigenvalue weighted by atomic mass is 16.1. The number of pyridine rings is 2. The summed E-state index contributed by atoms with van der Waals surface area (Å²) in [6, 6.07) is 7.98. The first-order valence-corrected chi connectivity index (χ1v) is 6.71. The van der Waals surface area contributed by atoms with Crippen molar-refractivity contribution in [2.45, 2.75) is 25.4 Å². The third-order valence-corrected chi connectivity index (χ3v) is 3.12. The van der Waals surface area contributed by atoms with E-state index in [0.29, 0.717) is 18.3 Å². The number of amides is 1. The Kier molecular flexibility index (Phi) is 3.58. The Labute approximate surface area is 117 Å². The zero-order valence-electron chi connectivity index (χ0n) is 11.0. The Bertz CT molecular complexity index is 579. The third-order valence-electron chi connectivity index (χ3n) is 3.12. The van der Waals surface area contributed by atoms with Crippen LogP contribution in [0.1, 0.15) is 28.9 Å². The number of carbonyl (C=O) groups is 1. The Morgan fingerprint density at radius 3 is 2.80 bits per heavy atom. The first kappa shape index (κ1) is 12.6. The van der Waals surface area contributed by atoms with Crippen LogP contribution in [-0.2, 0) is 6.54 Å². The SMILES string of the molecule is O=C(NCc1cccnc1)c1ccc(NC2CC2)cn1. The number of nitrogens with zero attached hydrogens (tertiary/aromatic N) is 2. The summed E-state index contributed by atoms with van der Waals surface area (Å²) in [5.74, 6) is -0.174. The number of rotatable bonds is 5. The number of aromatic nitrogens is 2. The van der Waals surface area contributed by atoms with Gasteiger partial charge in [0, 0.05) is 25.0 Å². The molecule has 3 rings (SSSR count). The Hall–Kier alpha value is -2.43. The van der Waals surface area contributed by atoms with Gasteiger partial charge in [0.2, 0.25) is 0 Å². The molecule has 20 heavy (non-hydrogen) atoms. The first-order chi connectivity index (χ1) is 9.81. The number of nitrogens with one attached hydrogen (secondary N) is 2. The number of carbonyl (C=O) groups excluding carboxylic acids is 1. The molecule has 0 unspecified atom stereocenters. The molecule has 1 saturated carbocycles. The van der Waals surface area contributed by atoms with E-state index in [1.807, 2.05) is 18.2 Å². The van der Waals surface area contributed by atoms with Gasteiger partial charge in [0.1, 0.15) is 5.69 Å². The van der Waals surface area contributed by atoms with Gasteiger partial charge in [0.25, 0.3) is 5.91 Å². The fourth-order valence-electron chi connectivity index (χ4n) is 1.85. The second-order valence-electron chi connectivity index (χ2n) is 4.89. The van der Waals surface area contributed by atoms with Gasteiger partial charge in [-0.1, -0.05) is 6.07 Å². The maximum atomic E-state index is 11.9. The van der Waals surface area contributed by atoms with Crippen LogP contribution in [-0.4, -0.2) is 21.9 Å². The van der Waals surface area contributed by atoms with E-state index in [2.05, 4.69) is 20.6 Å². The molecule has 0 radical (unpaired) electrons. The first-order valence-electron chi connectivity index (χ1n) is 6.71. The average Bonchev–Trinajstić information content (AvgIpc) is 3.31. The summed E-state index contributed by atoms with van der Waals surface area (Å²) in [6.45, 7) is 0.455. The molecule has 0 saturated heterocycles. The molecule has 2 aromatic heterocycles. The highest BCUT2D eigenvalue weighted by Crippen LogP contribution is 2.24. The lowest BCUT2D eigenvalue weighted by Gasteiger charge is -2.06. The van der Waals surface area contributed by atoms with E-state index in [9.17, 15) is 4.79 Å². The molecule has 102 valence electrons. The van der Waals surface area contributed by atoms with Gasteiger partial charge in [-0.3, -0.25) is 9.78 Å². The van der Waals surface area contributed by atoms with Crippen LogP contribution in [0.2, 0.25) is 0 Å². The third kappa shape index (κ3) is 3.32. The van der Waals surface area contributed by atoms with Crippen molar-refractivity contribution in [1.29, 1.82) is 0 Å². The predicted molar refractivity (Wildman–Crippen MR) is 76.3 cm³/mol. The molecule has 2 N–H and O–H groups in total. The zero-order chi connectivity index (χ0) is 13.8. The second kappa shape index (κ2) is 5.69. The van der Waals surface area contributed by atoms with Crippen molar-refractivity contribution in [2.75, 3.05) is 5.32 Å². The molecule has 2 aromatic rings. The molecule has 0 atom stereocenters. The minimum atomic E-state index is -0.174. The molecule has 2 heterocycles. The lowest BCUT2D eigenvalue weighted by Crippen LogP contribution is -2.23. The van der Waals surface area contributed by atoms with Gasteiger partial charge in [-0.15, -0.1) is 0 Å². The quantitative estimate of drug-likeness (QED) is 0.870. The Balaban J connectivity index is 1.56. The fraction of sp³-hybridized carbons (Fsp3) is 0.267. The minimum Gasteiger partial charge on any atom is -0.381 e. The van der Waals surface area contributed by atoms with Crippen molar-refractivity contribution in [3.05, 3.63) is 54.1 Å². The summed E-state index contributed by atoms with van der Waals surface area (Å²) in [7, 11) is 0. The van der Waals surface area contributed by atoms with Gasteiger partial charge in [0.15, 0.2) is 0 Å². The van der Waals surface area contributed by atoms with E-state index in [-0.39, 0.29) is 5.91 Å². The van der Waals surface area contributed by atoms with E-state index in [4.69, 9.17) is 0 Å². The van der Waals surface area contributed by atoms with Gasteiger partial charge in [-0.05, 0) is 36.6 Å². The zero-order valence-corrected chi connectivity index (χ0v) is 11.0. The summed E-state index contributed by atoms with van der Waals surface area (Å²) in [5, 5.41) is 6.16. The van der Waals surface area contributed by atoms with Crippen LogP contribution in [0.5, 0.6) is 0 Å². The van der Waals surface area contributed by atoms with Crippen LogP contribution in [0.4, 0.5) is 5.69 Å². The highest BCUT2D eigenvalue weighted by Gasteiger charge is 2.20. The van der Waals surface area contributed by atoms with Crippen molar-refractivity contribution in [3.63, 3.8) is 0 Å². The summed E-state index contributed by atoms with van der Waals surface area (Å²) >= 11 is 0. The average molecular weight is 268 g/mol. The maximum absolute atomic E-state index is 11.9. The van der Waals surface area contributed by atoms with Crippen LogP contribution in [0, 0.1) is 0 Å². The highest BCUT2D eigenvalue weighted by molar-refractivity contribution is 5.92. The van der Waals surface area contributed by atoms with Crippen LogP contribution >= 0.6 is 0 Å². The molecule has 5 nitrogen and oxygen atoms in total. The Morgan fingerprint density at radius 2 is 2.15 bits per heavy atom. The maximum Gasteiger partial charge on any atom is 0.270 e. The molecule has 1 aliphatic rings. The van der Waals surface area contributed by atoms with Gasteiger partial charge in [0.05, 0.1) is 11.9 Å². The summed E-state index contributed by atoms with van der Waals surface area (Å²) in [5.41, 5.74) is 2.36. The molecule has 0 aliphatic heterocycles. The van der Waals surface area contributed by atoms with Crippen LogP contribution in [0.25, 0.3) is 0 Å². The van der Waals surface area contributed by atoms with Gasteiger partial charge in [-0.2, -0.15) is 0 Å². The van der Waals surface area contributed by atoms with E-state index >= 15 is 0 Å². The largest absolute Gasteiger partial charge is 0.381 e. The molecule has 0 spiro atoms. The molecule has 5 heteroatoms. The predicted octanol–water partition coefficient (Wildman–Crippen LogP) is 1.98. The fourth-order valence-corrected chi connectivity index (χ4v) is 1.85. The van der Waals surface area contributed by atoms with E-state index < -0.39 is 0 Å². The normalized spacial score (nSPS) is 13.8. The van der Waals surface area contributed by atoms with Crippen LogP contribution in [0.15, 0.2) is 42.9 Å². The monoisotopic (exact) mass is 268 g/mol. The molecular weight excluding hydrogens is 252 g/mol. The molecule has 0 aromatic carbocycles. The van der Waals surface area contributed by atoms with Crippen molar-refractivity contribution in [1.82, 2.24) is 15.3 Å². The molecule has 1 fully saturated rings. The van der Waals surface area contributed by atoms with Gasteiger partial charge >= 0.3 is 0 Å². The van der Waals surface area contributed by atoms with E-state index in [0.717, 1.165) is 11.3 Å². The second-order valence-corrected chi connectivity index (χ2v) is 4.89. The Morgan fingerprint density at radius 1 is 1.25 bits per heavy atom. The number of hydrogen-bond acceptors (Lipinski definition) is 4. The molecule has 0 bridgehead atoms. The van der Waals surface area contributed by atoms with Crippen molar-refractivity contribution >= 4 is 11.6 Å². The number of anilines is 1. The summed E-state index contributed by atoms with van der Waals surface area (Å²) in [6.07, 6.45) is 7.58. The smallest absolute Gasteiger partial charge is 0.270 e. The van der Waals surface area contributed by atoms with Crippen molar-refractivity contribution in [3.8, 4) is 0 Å². The molecule has 1 aliphatic carbocycles. The van der Waals surface area contributed by atoms with Crippen LogP contribution < -0.4 is 10.6 Å². The summed E-state index contributed by atoms with van der Waals surface area (Å²) < 4.78 is 0. The van der Waals surface area contributed by atoms with E-state index in [1.54, 1.807) is 24.7 Å². The van der Waals surface area contributed by atoms with Crippen molar-refractivity contribution in [2.24, 2.45) is 0 Å². The number of hydrogen-bond donors (Lipinski definition) is 2. The van der Waals surface area contributed by atoms with Crippen LogP contribution in [0.3, 0.4) is 0 Å². The van der Waals surface area contributed by atoms with Gasteiger partial charge < -0.3 is 10.6 Å². The van der Waals surface area contributed by atoms with Crippen molar-refractivity contribution < 1.29 is 4.79 Å². The molecular formula is C15H16N4O.